The molecule has 0 amide bonds. The molecule has 0 spiro atoms. The van der Waals surface area contributed by atoms with Gasteiger partial charge in [0.25, 0.3) is 0 Å². The van der Waals surface area contributed by atoms with Crippen molar-refractivity contribution in [1.82, 2.24) is 0 Å². The summed E-state index contributed by atoms with van der Waals surface area (Å²) in [4.78, 5) is 23.9. The van der Waals surface area contributed by atoms with Gasteiger partial charge >= 0.3 is 11.9 Å². The highest BCUT2D eigenvalue weighted by Crippen LogP contribution is 2.45. The fraction of sp³-hybridized carbons (Fsp3) is 0.600. The minimum absolute atomic E-state index is 0.154. The summed E-state index contributed by atoms with van der Waals surface area (Å²) in [6.45, 7) is 13.6. The lowest BCUT2D eigenvalue weighted by Gasteiger charge is -2.45. The Bertz CT molecular complexity index is 635. The molecule has 0 heterocycles. The Balaban J connectivity index is 3.41. The number of carboxylic acids is 2. The van der Waals surface area contributed by atoms with Crippen molar-refractivity contribution in [3.63, 3.8) is 0 Å². The van der Waals surface area contributed by atoms with E-state index < -0.39 is 37.7 Å². The first kappa shape index (κ1) is 22.4. The lowest BCUT2D eigenvalue weighted by molar-refractivity contribution is -0.158. The van der Waals surface area contributed by atoms with Crippen LogP contribution in [0.3, 0.4) is 0 Å². The second-order valence-electron chi connectivity index (χ2n) is 8.68. The molecular formula is C20H32O5Si. The molecule has 0 aliphatic rings. The topological polar surface area (TPSA) is 83.8 Å². The molecule has 26 heavy (non-hydrogen) atoms. The largest absolute Gasteiger partial charge is 0.481 e. The van der Waals surface area contributed by atoms with Gasteiger partial charge in [0.15, 0.2) is 8.32 Å². The van der Waals surface area contributed by atoms with Crippen LogP contribution in [0.2, 0.25) is 18.1 Å². The van der Waals surface area contributed by atoms with E-state index in [1.807, 2.05) is 50.3 Å². The van der Waals surface area contributed by atoms with E-state index in [1.54, 1.807) is 6.92 Å². The Labute approximate surface area is 157 Å². The van der Waals surface area contributed by atoms with Crippen LogP contribution in [-0.4, -0.2) is 36.6 Å². The Morgan fingerprint density at radius 3 is 1.96 bits per heavy atom. The van der Waals surface area contributed by atoms with Gasteiger partial charge in [-0.2, -0.15) is 0 Å². The predicted octanol–water partition coefficient (Wildman–Crippen LogP) is 4.75. The van der Waals surface area contributed by atoms with Crippen molar-refractivity contribution in [2.24, 2.45) is 5.41 Å². The van der Waals surface area contributed by atoms with Crippen LogP contribution in [0.15, 0.2) is 30.3 Å². The molecule has 0 aliphatic carbocycles. The zero-order valence-electron chi connectivity index (χ0n) is 16.9. The van der Waals surface area contributed by atoms with Crippen LogP contribution in [0.25, 0.3) is 0 Å². The normalized spacial score (nSPS) is 17.2. The van der Waals surface area contributed by atoms with E-state index in [0.29, 0.717) is 0 Å². The highest BCUT2D eigenvalue weighted by molar-refractivity contribution is 6.74. The van der Waals surface area contributed by atoms with Gasteiger partial charge in [0.2, 0.25) is 0 Å². The third-order valence-electron chi connectivity index (χ3n) is 5.93. The van der Waals surface area contributed by atoms with Gasteiger partial charge < -0.3 is 14.6 Å². The number of carboxylic acid groups (broad SMARTS) is 2. The Hall–Kier alpha value is -1.66. The van der Waals surface area contributed by atoms with Crippen molar-refractivity contribution < 1.29 is 24.2 Å². The summed E-state index contributed by atoms with van der Waals surface area (Å²) in [5.41, 5.74) is -0.512. The monoisotopic (exact) mass is 380 g/mol. The van der Waals surface area contributed by atoms with E-state index in [-0.39, 0.29) is 11.5 Å². The van der Waals surface area contributed by atoms with Crippen LogP contribution in [0.4, 0.5) is 0 Å². The number of hydrogen-bond acceptors (Lipinski definition) is 3. The number of aliphatic carboxylic acids is 2. The first-order valence-corrected chi connectivity index (χ1v) is 11.8. The first-order valence-electron chi connectivity index (χ1n) is 8.91. The average molecular weight is 381 g/mol. The third kappa shape index (κ3) is 4.74. The van der Waals surface area contributed by atoms with E-state index in [1.165, 1.54) is 0 Å². The zero-order valence-corrected chi connectivity index (χ0v) is 17.9. The van der Waals surface area contributed by atoms with Gasteiger partial charge in [-0.15, -0.1) is 0 Å². The number of benzene rings is 1. The van der Waals surface area contributed by atoms with Gasteiger partial charge in [-0.25, -0.2) is 0 Å². The SMILES string of the molecule is C[C@H](c1ccccc1)C(C)(C(=O)O)[C@@H](CC(=O)O)O[Si](C)(C)C(C)(C)C. The van der Waals surface area contributed by atoms with Crippen molar-refractivity contribution in [3.05, 3.63) is 35.9 Å². The molecule has 6 heteroatoms. The minimum Gasteiger partial charge on any atom is -0.481 e. The highest BCUT2D eigenvalue weighted by atomic mass is 28.4. The molecule has 0 aromatic heterocycles. The second-order valence-corrected chi connectivity index (χ2v) is 13.4. The summed E-state index contributed by atoms with van der Waals surface area (Å²) in [7, 11) is -2.36. The molecule has 146 valence electrons. The summed E-state index contributed by atoms with van der Waals surface area (Å²) < 4.78 is 6.36. The van der Waals surface area contributed by atoms with Crippen LogP contribution < -0.4 is 0 Å². The van der Waals surface area contributed by atoms with Gasteiger partial charge in [-0.05, 0) is 36.5 Å². The molecule has 1 aromatic carbocycles. The van der Waals surface area contributed by atoms with Gasteiger partial charge in [-0.1, -0.05) is 58.0 Å². The van der Waals surface area contributed by atoms with Crippen molar-refractivity contribution in [3.8, 4) is 0 Å². The molecule has 0 saturated carbocycles. The van der Waals surface area contributed by atoms with Crippen molar-refractivity contribution in [2.45, 2.75) is 71.2 Å². The van der Waals surface area contributed by atoms with E-state index in [4.69, 9.17) is 4.43 Å². The predicted molar refractivity (Wildman–Crippen MR) is 105 cm³/mol. The lowest BCUT2D eigenvalue weighted by Crippen LogP contribution is -2.53. The highest BCUT2D eigenvalue weighted by Gasteiger charge is 2.51. The molecule has 0 aliphatic heterocycles. The summed E-state index contributed by atoms with van der Waals surface area (Å²) in [6, 6.07) is 9.32. The maximum atomic E-state index is 12.3. The van der Waals surface area contributed by atoms with Crippen molar-refractivity contribution in [1.29, 1.82) is 0 Å². The summed E-state index contributed by atoms with van der Waals surface area (Å²) in [5, 5.41) is 19.4. The molecule has 5 nitrogen and oxygen atoms in total. The Kier molecular flexibility index (Phi) is 6.82. The quantitative estimate of drug-likeness (QED) is 0.636. The van der Waals surface area contributed by atoms with Crippen LogP contribution in [0.1, 0.15) is 52.5 Å². The third-order valence-corrected chi connectivity index (χ3v) is 10.4. The molecule has 0 fully saturated rings. The van der Waals surface area contributed by atoms with Gasteiger partial charge in [0.1, 0.15) is 0 Å². The molecular weight excluding hydrogens is 348 g/mol. The fourth-order valence-electron chi connectivity index (χ4n) is 2.76. The minimum atomic E-state index is -2.36. The van der Waals surface area contributed by atoms with E-state index in [0.717, 1.165) is 5.56 Å². The van der Waals surface area contributed by atoms with Crippen molar-refractivity contribution >= 4 is 20.3 Å². The first-order chi connectivity index (χ1) is 11.7. The maximum absolute atomic E-state index is 12.3. The molecule has 0 saturated heterocycles. The lowest BCUT2D eigenvalue weighted by atomic mass is 9.69. The summed E-state index contributed by atoms with van der Waals surface area (Å²) in [5.74, 6) is -2.50. The Morgan fingerprint density at radius 1 is 1.08 bits per heavy atom. The molecule has 2 N–H and O–H groups in total. The van der Waals surface area contributed by atoms with Crippen molar-refractivity contribution in [2.75, 3.05) is 0 Å². The number of rotatable bonds is 8. The van der Waals surface area contributed by atoms with Gasteiger partial charge in [-0.3, -0.25) is 9.59 Å². The average Bonchev–Trinajstić information content (AvgIpc) is 2.51. The molecule has 1 aromatic rings. The van der Waals surface area contributed by atoms with E-state index >= 15 is 0 Å². The summed E-state index contributed by atoms with van der Waals surface area (Å²) >= 11 is 0. The fourth-order valence-corrected chi connectivity index (χ4v) is 4.15. The molecule has 1 rings (SSSR count). The number of hydrogen-bond donors (Lipinski definition) is 2. The van der Waals surface area contributed by atoms with E-state index in [2.05, 4.69) is 20.8 Å². The molecule has 1 unspecified atom stereocenters. The van der Waals surface area contributed by atoms with E-state index in [9.17, 15) is 19.8 Å². The van der Waals surface area contributed by atoms with Crippen LogP contribution in [0.5, 0.6) is 0 Å². The molecule has 0 radical (unpaired) electrons. The standard InChI is InChI=1S/C20H32O5Si/c1-14(15-11-9-8-10-12-15)20(5,18(23)24)16(13-17(21)22)25-26(6,7)19(2,3)4/h8-12,14,16H,13H2,1-7H3,(H,21,22)(H,23,24)/t14-,16-,20?/m1/s1. The maximum Gasteiger partial charge on any atom is 0.312 e. The number of carbonyl (C=O) groups is 2. The molecule has 0 bridgehead atoms. The van der Waals surface area contributed by atoms with Crippen LogP contribution >= 0.6 is 0 Å². The van der Waals surface area contributed by atoms with Gasteiger partial charge in [0.05, 0.1) is 17.9 Å². The van der Waals surface area contributed by atoms with Crippen LogP contribution in [0, 0.1) is 5.41 Å². The Morgan fingerprint density at radius 2 is 1.58 bits per heavy atom. The van der Waals surface area contributed by atoms with Gasteiger partial charge in [0, 0.05) is 0 Å². The van der Waals surface area contributed by atoms with Crippen LogP contribution in [-0.2, 0) is 14.0 Å². The molecule has 3 atom stereocenters. The smallest absolute Gasteiger partial charge is 0.312 e. The second kappa shape index (κ2) is 7.92. The zero-order chi connectivity index (χ0) is 20.3. The summed E-state index contributed by atoms with van der Waals surface area (Å²) in [6.07, 6.45) is -1.26.